The number of fused-ring (bicyclic) bond motifs is 1. The first kappa shape index (κ1) is 31.7. The number of nitrogens with two attached hydrogens (primary N) is 1. The van der Waals surface area contributed by atoms with Gasteiger partial charge in [0.25, 0.3) is 5.91 Å². The maximum absolute atomic E-state index is 14.1. The van der Waals surface area contributed by atoms with E-state index in [-0.39, 0.29) is 6.54 Å². The smallest absolute Gasteiger partial charge is 0.408 e. The van der Waals surface area contributed by atoms with Gasteiger partial charge in [0.05, 0.1) is 6.42 Å². The fourth-order valence-electron chi connectivity index (χ4n) is 4.54. The summed E-state index contributed by atoms with van der Waals surface area (Å²) in [7, 11) is 0. The van der Waals surface area contributed by atoms with Gasteiger partial charge in [-0.1, -0.05) is 67.8 Å². The Morgan fingerprint density at radius 3 is 2.31 bits per heavy atom. The lowest BCUT2D eigenvalue weighted by Crippen LogP contribution is -2.53. The van der Waals surface area contributed by atoms with Gasteiger partial charge in [0, 0.05) is 17.8 Å². The zero-order valence-electron chi connectivity index (χ0n) is 24.5. The molecule has 0 aliphatic rings. The summed E-state index contributed by atoms with van der Waals surface area (Å²) >= 11 is 0. The number of hydrogen-bond donors (Lipinski definition) is 3. The molecule has 0 saturated heterocycles. The highest BCUT2D eigenvalue weighted by atomic mass is 16.6. The highest BCUT2D eigenvalue weighted by molar-refractivity contribution is 6.01. The summed E-state index contributed by atoms with van der Waals surface area (Å²) in [6.45, 7) is 7.12. The molecule has 9 heteroatoms. The van der Waals surface area contributed by atoms with Crippen LogP contribution in [0.15, 0.2) is 66.7 Å². The number of carbonyl (C=O) groups excluding carboxylic acids is 4. The van der Waals surface area contributed by atoms with Crippen molar-refractivity contribution in [2.75, 3.05) is 11.9 Å². The predicted octanol–water partition coefficient (Wildman–Crippen LogP) is 4.90. The van der Waals surface area contributed by atoms with E-state index in [2.05, 4.69) is 16.6 Å². The Morgan fingerprint density at radius 1 is 1.00 bits per heavy atom. The Kier molecular flexibility index (Phi) is 10.7. The second-order valence-corrected chi connectivity index (χ2v) is 10.9. The molecular formula is C33H38N4O5. The molecule has 0 aliphatic carbocycles. The van der Waals surface area contributed by atoms with E-state index in [0.29, 0.717) is 29.7 Å². The van der Waals surface area contributed by atoms with E-state index in [4.69, 9.17) is 16.9 Å². The van der Waals surface area contributed by atoms with Crippen molar-refractivity contribution in [3.63, 3.8) is 0 Å². The quantitative estimate of drug-likeness (QED) is 0.282. The van der Waals surface area contributed by atoms with Gasteiger partial charge in [-0.25, -0.2) is 4.79 Å². The van der Waals surface area contributed by atoms with Crippen LogP contribution in [-0.2, 0) is 19.1 Å². The highest BCUT2D eigenvalue weighted by Gasteiger charge is 2.37. The Balaban J connectivity index is 2.07. The molecular weight excluding hydrogens is 532 g/mol. The highest BCUT2D eigenvalue weighted by Crippen LogP contribution is 2.29. The number of alkyl carbamates (subject to hydrolysis) is 1. The van der Waals surface area contributed by atoms with Gasteiger partial charge < -0.3 is 26.0 Å². The molecule has 4 amide bonds. The van der Waals surface area contributed by atoms with E-state index in [9.17, 15) is 19.2 Å². The Labute approximate surface area is 246 Å². The van der Waals surface area contributed by atoms with Gasteiger partial charge in [0.1, 0.15) is 17.7 Å². The average molecular weight is 571 g/mol. The van der Waals surface area contributed by atoms with Crippen LogP contribution in [0.3, 0.4) is 0 Å². The number of rotatable bonds is 11. The van der Waals surface area contributed by atoms with Crippen LogP contribution in [-0.4, -0.2) is 46.9 Å². The first-order valence-corrected chi connectivity index (χ1v) is 13.9. The minimum absolute atomic E-state index is 0.148. The lowest BCUT2D eigenvalue weighted by Gasteiger charge is -2.34. The normalized spacial score (nSPS) is 12.5. The van der Waals surface area contributed by atoms with Crippen LogP contribution >= 0.6 is 0 Å². The van der Waals surface area contributed by atoms with Gasteiger partial charge in [0.2, 0.25) is 11.8 Å². The summed E-state index contributed by atoms with van der Waals surface area (Å²) in [5.41, 5.74) is 6.01. The third kappa shape index (κ3) is 8.58. The summed E-state index contributed by atoms with van der Waals surface area (Å²) in [6, 6.07) is 17.6. The van der Waals surface area contributed by atoms with Crippen molar-refractivity contribution in [2.45, 2.75) is 64.6 Å². The number of terminal acetylenes is 1. The zero-order chi connectivity index (χ0) is 30.9. The lowest BCUT2D eigenvalue weighted by molar-refractivity contribution is -0.142. The molecule has 2 unspecified atom stereocenters. The Morgan fingerprint density at radius 2 is 1.67 bits per heavy atom. The molecule has 0 saturated carbocycles. The Bertz CT molecular complexity index is 1490. The molecule has 0 radical (unpaired) electrons. The van der Waals surface area contributed by atoms with Crippen molar-refractivity contribution < 1.29 is 23.9 Å². The molecule has 42 heavy (non-hydrogen) atoms. The van der Waals surface area contributed by atoms with Crippen LogP contribution in [0, 0.1) is 12.3 Å². The fourth-order valence-corrected chi connectivity index (χ4v) is 4.54. The monoisotopic (exact) mass is 570 g/mol. The van der Waals surface area contributed by atoms with Gasteiger partial charge in [-0.3, -0.25) is 14.4 Å². The third-order valence-corrected chi connectivity index (χ3v) is 6.42. The number of unbranched alkanes of at least 4 members (excludes halogenated alkanes) is 1. The topological polar surface area (TPSA) is 131 Å². The van der Waals surface area contributed by atoms with Crippen molar-refractivity contribution in [3.8, 4) is 12.3 Å². The zero-order valence-corrected chi connectivity index (χ0v) is 24.5. The number of anilines is 1. The minimum atomic E-state index is -1.37. The number of benzene rings is 3. The predicted molar refractivity (Wildman–Crippen MR) is 163 cm³/mol. The summed E-state index contributed by atoms with van der Waals surface area (Å²) in [4.78, 5) is 54.2. The summed E-state index contributed by atoms with van der Waals surface area (Å²) in [5.74, 6) is 0.627. The number of primary amides is 1. The second kappa shape index (κ2) is 14.2. The molecule has 3 aromatic rings. The van der Waals surface area contributed by atoms with Crippen LogP contribution in [0.1, 0.15) is 64.1 Å². The number of ether oxygens (including phenoxy) is 1. The molecule has 0 bridgehead atoms. The molecule has 0 aromatic heterocycles. The van der Waals surface area contributed by atoms with E-state index >= 15 is 0 Å². The standard InChI is InChI=1S/C33H38N4O5/c1-6-8-19-37(31(40)27(21-28(34)38)36-32(41)42-33(3,4)5)29(26-16-12-11-13-22(26)7-2)30(39)35-25-18-17-23-14-9-10-15-24(23)20-25/h2,9-18,20,27,29H,6,8,19,21H2,1,3-5H3,(H2,34,38)(H,35,39)(H,36,41). The van der Waals surface area contributed by atoms with E-state index in [1.807, 2.05) is 43.3 Å². The van der Waals surface area contributed by atoms with Crippen LogP contribution in [0.2, 0.25) is 0 Å². The largest absolute Gasteiger partial charge is 0.444 e. The number of carbonyl (C=O) groups is 4. The number of amides is 4. The van der Waals surface area contributed by atoms with Gasteiger partial charge >= 0.3 is 6.09 Å². The van der Waals surface area contributed by atoms with Crippen molar-refractivity contribution in [1.29, 1.82) is 0 Å². The maximum atomic E-state index is 14.1. The van der Waals surface area contributed by atoms with E-state index in [0.717, 1.165) is 10.8 Å². The average Bonchev–Trinajstić information content (AvgIpc) is 2.93. The lowest BCUT2D eigenvalue weighted by atomic mass is 9.96. The van der Waals surface area contributed by atoms with Gasteiger partial charge in [-0.15, -0.1) is 6.42 Å². The number of hydrogen-bond acceptors (Lipinski definition) is 5. The molecule has 3 aromatic carbocycles. The van der Waals surface area contributed by atoms with Crippen LogP contribution in [0.5, 0.6) is 0 Å². The minimum Gasteiger partial charge on any atom is -0.444 e. The molecule has 9 nitrogen and oxygen atoms in total. The molecule has 2 atom stereocenters. The maximum Gasteiger partial charge on any atom is 0.408 e. The molecule has 0 spiro atoms. The summed E-state index contributed by atoms with van der Waals surface area (Å²) in [6.07, 6.45) is 5.68. The molecule has 0 fully saturated rings. The van der Waals surface area contributed by atoms with Gasteiger partial charge in [-0.2, -0.15) is 0 Å². The first-order chi connectivity index (χ1) is 19.9. The summed E-state index contributed by atoms with van der Waals surface area (Å²) < 4.78 is 5.33. The Hall–Kier alpha value is -4.84. The van der Waals surface area contributed by atoms with Gasteiger partial charge in [-0.05, 0) is 61.7 Å². The second-order valence-electron chi connectivity index (χ2n) is 10.9. The molecule has 0 aliphatic heterocycles. The molecule has 3 rings (SSSR count). The van der Waals surface area contributed by atoms with E-state index < -0.39 is 47.9 Å². The SMILES string of the molecule is C#Cc1ccccc1C(C(=O)Nc1ccc2ccccc2c1)N(CCCC)C(=O)C(CC(N)=O)NC(=O)OC(C)(C)C. The third-order valence-electron chi connectivity index (χ3n) is 6.42. The molecule has 0 heterocycles. The fraction of sp³-hybridized carbons (Fsp3) is 0.333. The number of nitrogens with one attached hydrogen (secondary N) is 2. The van der Waals surface area contributed by atoms with Crippen molar-refractivity contribution in [2.24, 2.45) is 5.73 Å². The van der Waals surface area contributed by atoms with E-state index in [1.165, 1.54) is 4.90 Å². The van der Waals surface area contributed by atoms with Crippen molar-refractivity contribution >= 4 is 40.3 Å². The van der Waals surface area contributed by atoms with E-state index in [1.54, 1.807) is 51.1 Å². The van der Waals surface area contributed by atoms with Crippen LogP contribution in [0.4, 0.5) is 10.5 Å². The van der Waals surface area contributed by atoms with Crippen LogP contribution in [0.25, 0.3) is 10.8 Å². The summed E-state index contributed by atoms with van der Waals surface area (Å²) in [5, 5.41) is 7.36. The van der Waals surface area contributed by atoms with Crippen molar-refractivity contribution in [1.82, 2.24) is 10.2 Å². The molecule has 220 valence electrons. The number of nitrogens with zero attached hydrogens (tertiary/aromatic N) is 1. The van der Waals surface area contributed by atoms with Crippen molar-refractivity contribution in [3.05, 3.63) is 77.9 Å². The van der Waals surface area contributed by atoms with Gasteiger partial charge in [0.15, 0.2) is 0 Å². The first-order valence-electron chi connectivity index (χ1n) is 13.9. The molecule has 4 N–H and O–H groups in total. The van der Waals surface area contributed by atoms with Crippen LogP contribution < -0.4 is 16.4 Å².